The maximum atomic E-state index is 11.6. The van der Waals surface area contributed by atoms with Crippen LogP contribution in [-0.4, -0.2) is 16.0 Å². The molecule has 1 N–H and O–H groups in total. The Morgan fingerprint density at radius 2 is 2.29 bits per heavy atom. The van der Waals surface area contributed by atoms with Gasteiger partial charge in [0.05, 0.1) is 0 Å². The van der Waals surface area contributed by atoms with E-state index in [1.165, 1.54) is 6.39 Å². The molecule has 1 aromatic carbocycles. The van der Waals surface area contributed by atoms with E-state index in [4.69, 9.17) is 0 Å². The number of rotatable bonds is 3. The molecule has 1 aliphatic rings. The molecule has 17 heavy (non-hydrogen) atoms. The molecule has 5 nitrogen and oxygen atoms in total. The molecule has 1 aromatic heterocycles. The molecule has 3 rings (SSSR count). The molecule has 1 aliphatic carbocycles. The number of nitrogens with one attached hydrogen (secondary N) is 1. The maximum absolute atomic E-state index is 11.6. The lowest BCUT2D eigenvalue weighted by Crippen LogP contribution is -2.13. The largest absolute Gasteiger partial charge is 0.342 e. The number of nitrogens with zero attached hydrogens (tertiary/aromatic N) is 2. The van der Waals surface area contributed by atoms with Crippen LogP contribution in [0.1, 0.15) is 12.8 Å². The second-order valence-electron chi connectivity index (χ2n) is 4.10. The zero-order chi connectivity index (χ0) is 11.7. The highest BCUT2D eigenvalue weighted by molar-refractivity contribution is 5.94. The summed E-state index contributed by atoms with van der Waals surface area (Å²) in [6.07, 6.45) is 3.28. The number of benzene rings is 1. The third kappa shape index (κ3) is 2.18. The van der Waals surface area contributed by atoms with Crippen molar-refractivity contribution in [3.8, 4) is 11.4 Å². The molecule has 0 radical (unpaired) electrons. The van der Waals surface area contributed by atoms with Gasteiger partial charge in [0.25, 0.3) is 0 Å². The van der Waals surface area contributed by atoms with Crippen LogP contribution in [-0.2, 0) is 4.79 Å². The van der Waals surface area contributed by atoms with Gasteiger partial charge < -0.3 is 9.84 Å². The van der Waals surface area contributed by atoms with Crippen molar-refractivity contribution in [2.45, 2.75) is 12.8 Å². The van der Waals surface area contributed by atoms with Crippen molar-refractivity contribution >= 4 is 11.6 Å². The SMILES string of the molecule is O=C(Nc1cccc(-c2ncon2)c1)C1CC1. The number of aromatic nitrogens is 2. The summed E-state index contributed by atoms with van der Waals surface area (Å²) in [6.45, 7) is 0. The molecule has 86 valence electrons. The molecule has 1 fully saturated rings. The second kappa shape index (κ2) is 4.01. The smallest absolute Gasteiger partial charge is 0.227 e. The van der Waals surface area contributed by atoms with E-state index in [-0.39, 0.29) is 11.8 Å². The van der Waals surface area contributed by atoms with Crippen LogP contribution in [0.2, 0.25) is 0 Å². The van der Waals surface area contributed by atoms with Gasteiger partial charge in [0.1, 0.15) is 0 Å². The number of hydrogen-bond acceptors (Lipinski definition) is 4. The first kappa shape index (κ1) is 10.0. The Bertz CT molecular complexity index is 532. The lowest BCUT2D eigenvalue weighted by atomic mass is 10.2. The fourth-order valence-corrected chi connectivity index (χ4v) is 1.62. The van der Waals surface area contributed by atoms with Gasteiger partial charge in [0, 0.05) is 17.2 Å². The number of carbonyl (C=O) groups is 1. The summed E-state index contributed by atoms with van der Waals surface area (Å²) in [6, 6.07) is 7.42. The highest BCUT2D eigenvalue weighted by atomic mass is 16.5. The van der Waals surface area contributed by atoms with Gasteiger partial charge in [-0.3, -0.25) is 4.79 Å². The van der Waals surface area contributed by atoms with E-state index >= 15 is 0 Å². The predicted molar refractivity (Wildman–Crippen MR) is 61.1 cm³/mol. The van der Waals surface area contributed by atoms with Gasteiger partial charge in [0.2, 0.25) is 18.1 Å². The van der Waals surface area contributed by atoms with Crippen LogP contribution in [0.3, 0.4) is 0 Å². The first-order chi connectivity index (χ1) is 8.33. The fourth-order valence-electron chi connectivity index (χ4n) is 1.62. The van der Waals surface area contributed by atoms with Crippen molar-refractivity contribution < 1.29 is 9.32 Å². The Hall–Kier alpha value is -2.17. The Kier molecular flexibility index (Phi) is 2.36. The highest BCUT2D eigenvalue weighted by Gasteiger charge is 2.29. The molecule has 0 spiro atoms. The van der Waals surface area contributed by atoms with E-state index in [0.717, 1.165) is 24.1 Å². The Morgan fingerprint density at radius 1 is 1.41 bits per heavy atom. The monoisotopic (exact) mass is 229 g/mol. The molecule has 2 aromatic rings. The maximum Gasteiger partial charge on any atom is 0.227 e. The van der Waals surface area contributed by atoms with Crippen LogP contribution >= 0.6 is 0 Å². The number of hydrogen-bond donors (Lipinski definition) is 1. The third-order valence-electron chi connectivity index (χ3n) is 2.70. The minimum Gasteiger partial charge on any atom is -0.342 e. The van der Waals surface area contributed by atoms with Crippen molar-refractivity contribution in [2.75, 3.05) is 5.32 Å². The van der Waals surface area contributed by atoms with Crippen LogP contribution in [0.15, 0.2) is 35.2 Å². The molecule has 0 bridgehead atoms. The van der Waals surface area contributed by atoms with Crippen molar-refractivity contribution in [2.24, 2.45) is 5.92 Å². The molecule has 0 aliphatic heterocycles. The quantitative estimate of drug-likeness (QED) is 0.874. The van der Waals surface area contributed by atoms with E-state index in [2.05, 4.69) is 20.0 Å². The molecule has 5 heteroatoms. The lowest BCUT2D eigenvalue weighted by molar-refractivity contribution is -0.117. The normalized spacial score (nSPS) is 14.6. The predicted octanol–water partition coefficient (Wildman–Crippen LogP) is 2.09. The zero-order valence-corrected chi connectivity index (χ0v) is 9.09. The van der Waals surface area contributed by atoms with Gasteiger partial charge in [-0.15, -0.1) is 0 Å². The van der Waals surface area contributed by atoms with E-state index in [1.807, 2.05) is 24.3 Å². The summed E-state index contributed by atoms with van der Waals surface area (Å²) in [4.78, 5) is 15.6. The molecule has 1 amide bonds. The summed E-state index contributed by atoms with van der Waals surface area (Å²) in [5, 5.41) is 6.64. The number of amides is 1. The lowest BCUT2D eigenvalue weighted by Gasteiger charge is -2.04. The topological polar surface area (TPSA) is 68.0 Å². The van der Waals surface area contributed by atoms with Gasteiger partial charge >= 0.3 is 0 Å². The van der Waals surface area contributed by atoms with E-state index in [9.17, 15) is 4.79 Å². The first-order valence-corrected chi connectivity index (χ1v) is 5.50. The van der Waals surface area contributed by atoms with Crippen LogP contribution in [0, 0.1) is 5.92 Å². The van der Waals surface area contributed by atoms with Gasteiger partial charge in [-0.05, 0) is 25.0 Å². The summed E-state index contributed by atoms with van der Waals surface area (Å²) >= 11 is 0. The minimum atomic E-state index is 0.0928. The zero-order valence-electron chi connectivity index (χ0n) is 9.09. The summed E-state index contributed by atoms with van der Waals surface area (Å²) in [7, 11) is 0. The van der Waals surface area contributed by atoms with Crippen LogP contribution in [0.5, 0.6) is 0 Å². The van der Waals surface area contributed by atoms with Gasteiger partial charge in [0.15, 0.2) is 0 Å². The number of anilines is 1. The molecule has 0 unspecified atom stereocenters. The van der Waals surface area contributed by atoms with Gasteiger partial charge in [-0.25, -0.2) is 0 Å². The van der Waals surface area contributed by atoms with Crippen LogP contribution < -0.4 is 5.32 Å². The average Bonchev–Trinajstić information content (AvgIpc) is 3.05. The number of carbonyl (C=O) groups excluding carboxylic acids is 1. The fraction of sp³-hybridized carbons (Fsp3) is 0.250. The van der Waals surface area contributed by atoms with Crippen molar-refractivity contribution in [3.05, 3.63) is 30.7 Å². The second-order valence-corrected chi connectivity index (χ2v) is 4.10. The van der Waals surface area contributed by atoms with Gasteiger partial charge in [-0.2, -0.15) is 4.98 Å². The van der Waals surface area contributed by atoms with E-state index in [1.54, 1.807) is 0 Å². The summed E-state index contributed by atoms with van der Waals surface area (Å²) in [5.41, 5.74) is 1.59. The van der Waals surface area contributed by atoms with Crippen LogP contribution in [0.4, 0.5) is 5.69 Å². The summed E-state index contributed by atoms with van der Waals surface area (Å²) in [5.74, 6) is 0.812. The molecule has 0 saturated heterocycles. The van der Waals surface area contributed by atoms with Crippen molar-refractivity contribution in [3.63, 3.8) is 0 Å². The Balaban J connectivity index is 1.81. The molecule has 1 saturated carbocycles. The highest BCUT2D eigenvalue weighted by Crippen LogP contribution is 2.30. The van der Waals surface area contributed by atoms with Crippen molar-refractivity contribution in [1.82, 2.24) is 10.1 Å². The first-order valence-electron chi connectivity index (χ1n) is 5.50. The Labute approximate surface area is 97.8 Å². The molecule has 1 heterocycles. The van der Waals surface area contributed by atoms with E-state index in [0.29, 0.717) is 5.82 Å². The molecule has 0 atom stereocenters. The molecular weight excluding hydrogens is 218 g/mol. The minimum absolute atomic E-state index is 0.0928. The Morgan fingerprint density at radius 3 is 3.00 bits per heavy atom. The average molecular weight is 229 g/mol. The summed E-state index contributed by atoms with van der Waals surface area (Å²) < 4.78 is 4.69. The molecular formula is C12H11N3O2. The van der Waals surface area contributed by atoms with E-state index < -0.39 is 0 Å². The third-order valence-corrected chi connectivity index (χ3v) is 2.70. The van der Waals surface area contributed by atoms with Crippen LogP contribution in [0.25, 0.3) is 11.4 Å². The van der Waals surface area contributed by atoms with Gasteiger partial charge in [-0.1, -0.05) is 17.3 Å². The van der Waals surface area contributed by atoms with Crippen molar-refractivity contribution in [1.29, 1.82) is 0 Å². The standard InChI is InChI=1S/C12H11N3O2/c16-12(8-4-5-8)14-10-3-1-2-9(6-10)11-13-7-17-15-11/h1-3,6-8H,4-5H2,(H,14,16).